The maximum absolute atomic E-state index is 9.60. The largest absolute Gasteiger partial charge is 0.366 e. The second-order valence-corrected chi connectivity index (χ2v) is 5.62. The van der Waals surface area contributed by atoms with E-state index < -0.39 is 5.79 Å². The van der Waals surface area contributed by atoms with Gasteiger partial charge in [-0.1, -0.05) is 58.3 Å². The first-order chi connectivity index (χ1) is 9.12. The highest BCUT2D eigenvalue weighted by Crippen LogP contribution is 2.18. The summed E-state index contributed by atoms with van der Waals surface area (Å²) in [5.41, 5.74) is 0. The van der Waals surface area contributed by atoms with Crippen molar-refractivity contribution in [2.75, 3.05) is 0 Å². The molecule has 0 rings (SSSR count). The van der Waals surface area contributed by atoms with Crippen LogP contribution in [0, 0.1) is 12.3 Å². The first-order valence-corrected chi connectivity index (χ1v) is 8.00. The van der Waals surface area contributed by atoms with Gasteiger partial charge in [-0.25, -0.2) is 0 Å². The van der Waals surface area contributed by atoms with Crippen molar-refractivity contribution in [2.24, 2.45) is 0 Å². The van der Waals surface area contributed by atoms with Crippen LogP contribution >= 0.6 is 0 Å². The summed E-state index contributed by atoms with van der Waals surface area (Å²) < 4.78 is 0. The zero-order valence-electron chi connectivity index (χ0n) is 12.7. The number of aliphatic hydroxyl groups is 2. The van der Waals surface area contributed by atoms with E-state index in [9.17, 15) is 10.2 Å². The molecule has 112 valence electrons. The molecule has 0 aliphatic rings. The summed E-state index contributed by atoms with van der Waals surface area (Å²) >= 11 is 0. The molecular weight excluding hydrogens is 236 g/mol. The quantitative estimate of drug-likeness (QED) is 0.295. The van der Waals surface area contributed by atoms with Crippen LogP contribution in [0.4, 0.5) is 0 Å². The van der Waals surface area contributed by atoms with Crippen molar-refractivity contribution in [1.29, 1.82) is 0 Å². The van der Waals surface area contributed by atoms with Gasteiger partial charge in [0.25, 0.3) is 0 Å². The first kappa shape index (κ1) is 18.5. The van der Waals surface area contributed by atoms with Crippen molar-refractivity contribution in [2.45, 2.75) is 96.2 Å². The van der Waals surface area contributed by atoms with Crippen molar-refractivity contribution in [3.63, 3.8) is 0 Å². The van der Waals surface area contributed by atoms with E-state index in [0.717, 1.165) is 25.7 Å². The minimum absolute atomic E-state index is 0.491. The van der Waals surface area contributed by atoms with Crippen LogP contribution in [-0.2, 0) is 0 Å². The van der Waals surface area contributed by atoms with E-state index in [4.69, 9.17) is 6.42 Å². The second-order valence-electron chi connectivity index (χ2n) is 5.62. The molecule has 0 amide bonds. The van der Waals surface area contributed by atoms with Crippen LogP contribution in [-0.4, -0.2) is 16.0 Å². The number of hydrogen-bond acceptors (Lipinski definition) is 2. The van der Waals surface area contributed by atoms with Gasteiger partial charge in [-0.2, -0.15) is 0 Å². The van der Waals surface area contributed by atoms with E-state index in [-0.39, 0.29) is 0 Å². The van der Waals surface area contributed by atoms with Crippen molar-refractivity contribution in [3.8, 4) is 12.3 Å². The molecule has 0 aromatic rings. The summed E-state index contributed by atoms with van der Waals surface area (Å²) in [5, 5.41) is 19.2. The average molecular weight is 268 g/mol. The molecule has 0 aliphatic heterocycles. The van der Waals surface area contributed by atoms with E-state index >= 15 is 0 Å². The van der Waals surface area contributed by atoms with E-state index in [0.29, 0.717) is 12.8 Å². The van der Waals surface area contributed by atoms with Crippen LogP contribution in [0.15, 0.2) is 0 Å². The molecule has 19 heavy (non-hydrogen) atoms. The first-order valence-electron chi connectivity index (χ1n) is 8.00. The molecule has 0 aromatic heterocycles. The molecule has 0 unspecified atom stereocenters. The average Bonchev–Trinajstić information content (AvgIpc) is 2.36. The minimum Gasteiger partial charge on any atom is -0.366 e. The molecule has 2 nitrogen and oxygen atoms in total. The van der Waals surface area contributed by atoms with Crippen molar-refractivity contribution in [1.82, 2.24) is 0 Å². The predicted octanol–water partition coefficient (Wildman–Crippen LogP) is 4.39. The maximum atomic E-state index is 9.60. The Hall–Kier alpha value is -0.520. The highest BCUT2D eigenvalue weighted by atomic mass is 16.5. The van der Waals surface area contributed by atoms with Crippen LogP contribution in [0.1, 0.15) is 90.4 Å². The van der Waals surface area contributed by atoms with Crippen molar-refractivity contribution < 1.29 is 10.2 Å². The number of hydrogen-bond donors (Lipinski definition) is 2. The van der Waals surface area contributed by atoms with E-state index in [1.807, 2.05) is 6.92 Å². The van der Waals surface area contributed by atoms with Crippen LogP contribution < -0.4 is 0 Å². The van der Waals surface area contributed by atoms with E-state index in [1.54, 1.807) is 0 Å². The van der Waals surface area contributed by atoms with Crippen LogP contribution in [0.3, 0.4) is 0 Å². The Labute approximate surface area is 119 Å². The summed E-state index contributed by atoms with van der Waals surface area (Å²) in [4.78, 5) is 0. The van der Waals surface area contributed by atoms with Gasteiger partial charge in [-0.3, -0.25) is 0 Å². The molecule has 0 bridgehead atoms. The third-order valence-corrected chi connectivity index (χ3v) is 3.55. The fourth-order valence-electron chi connectivity index (χ4n) is 2.40. The number of terminal acetylenes is 1. The van der Waals surface area contributed by atoms with Gasteiger partial charge >= 0.3 is 0 Å². The molecule has 2 N–H and O–H groups in total. The Bertz CT molecular complexity index is 228. The molecule has 0 aliphatic carbocycles. The predicted molar refractivity (Wildman–Crippen MR) is 81.7 cm³/mol. The van der Waals surface area contributed by atoms with Gasteiger partial charge in [-0.05, 0) is 12.8 Å². The smallest absolute Gasteiger partial charge is 0.162 e. The van der Waals surface area contributed by atoms with E-state index in [1.165, 1.54) is 44.9 Å². The van der Waals surface area contributed by atoms with Gasteiger partial charge in [-0.15, -0.1) is 12.3 Å². The molecule has 0 atom stereocenters. The monoisotopic (exact) mass is 268 g/mol. The lowest BCUT2D eigenvalue weighted by atomic mass is 10.0. The Morgan fingerprint density at radius 1 is 0.789 bits per heavy atom. The van der Waals surface area contributed by atoms with Crippen LogP contribution in [0.5, 0.6) is 0 Å². The lowest BCUT2D eigenvalue weighted by molar-refractivity contribution is -0.171. The van der Waals surface area contributed by atoms with Gasteiger partial charge in [0.2, 0.25) is 0 Å². The van der Waals surface area contributed by atoms with Crippen LogP contribution in [0.25, 0.3) is 0 Å². The molecule has 0 saturated carbocycles. The summed E-state index contributed by atoms with van der Waals surface area (Å²) in [6.07, 6.45) is 18.8. The third-order valence-electron chi connectivity index (χ3n) is 3.55. The number of rotatable bonds is 13. The molecule has 0 spiro atoms. The van der Waals surface area contributed by atoms with Gasteiger partial charge < -0.3 is 10.2 Å². The normalized spacial score (nSPS) is 11.5. The highest BCUT2D eigenvalue weighted by molar-refractivity contribution is 4.82. The lowest BCUT2D eigenvalue weighted by Gasteiger charge is -2.20. The maximum Gasteiger partial charge on any atom is 0.162 e. The van der Waals surface area contributed by atoms with E-state index in [2.05, 4.69) is 5.92 Å². The minimum atomic E-state index is -1.42. The second kappa shape index (κ2) is 12.5. The zero-order chi connectivity index (χ0) is 14.4. The topological polar surface area (TPSA) is 40.5 Å². The number of unbranched alkanes of at least 4 members (excludes halogenated alkanes) is 9. The fourth-order valence-corrected chi connectivity index (χ4v) is 2.40. The van der Waals surface area contributed by atoms with Gasteiger partial charge in [0, 0.05) is 19.3 Å². The van der Waals surface area contributed by atoms with Crippen molar-refractivity contribution >= 4 is 0 Å². The summed E-state index contributed by atoms with van der Waals surface area (Å²) in [5.74, 6) is 1.25. The summed E-state index contributed by atoms with van der Waals surface area (Å²) in [6.45, 7) is 1.98. The molecule has 0 heterocycles. The van der Waals surface area contributed by atoms with Gasteiger partial charge in [0.05, 0.1) is 0 Å². The summed E-state index contributed by atoms with van der Waals surface area (Å²) in [7, 11) is 0. The van der Waals surface area contributed by atoms with Crippen molar-refractivity contribution in [3.05, 3.63) is 0 Å². The van der Waals surface area contributed by atoms with Gasteiger partial charge in [0.15, 0.2) is 5.79 Å². The molecule has 2 heteroatoms. The fraction of sp³-hybridized carbons (Fsp3) is 0.882. The Morgan fingerprint density at radius 3 is 1.74 bits per heavy atom. The Balaban J connectivity index is 3.17. The molecule has 0 saturated heterocycles. The standard InChI is InChI=1S/C17H32O2/c1-3-5-6-7-8-9-10-11-12-13-14-16-17(18,19)15-4-2/h1,18-19H,4-16H2,2H3. The zero-order valence-corrected chi connectivity index (χ0v) is 12.7. The Morgan fingerprint density at radius 2 is 1.26 bits per heavy atom. The van der Waals surface area contributed by atoms with Crippen LogP contribution in [0.2, 0.25) is 0 Å². The third kappa shape index (κ3) is 13.7. The Kier molecular flexibility index (Phi) is 12.2. The summed E-state index contributed by atoms with van der Waals surface area (Å²) in [6, 6.07) is 0. The van der Waals surface area contributed by atoms with Gasteiger partial charge in [0.1, 0.15) is 0 Å². The lowest BCUT2D eigenvalue weighted by Crippen LogP contribution is -2.27. The SMILES string of the molecule is C#CCCCCCCCCCCCC(O)(O)CCC. The molecular formula is C17H32O2. The molecule has 0 fully saturated rings. The molecule has 0 radical (unpaired) electrons. The molecule has 0 aromatic carbocycles. The highest BCUT2D eigenvalue weighted by Gasteiger charge is 2.20.